The van der Waals surface area contributed by atoms with Crippen LogP contribution in [0.1, 0.15) is 15.9 Å². The van der Waals surface area contributed by atoms with Gasteiger partial charge in [0, 0.05) is 23.1 Å². The van der Waals surface area contributed by atoms with E-state index >= 15 is 0 Å². The van der Waals surface area contributed by atoms with Gasteiger partial charge in [-0.15, -0.1) is 13.2 Å². The molecule has 0 atom stereocenters. The van der Waals surface area contributed by atoms with Crippen LogP contribution in [0, 0.1) is 5.82 Å². The van der Waals surface area contributed by atoms with Gasteiger partial charge in [-0.2, -0.15) is 14.4 Å². The third-order valence-corrected chi connectivity index (χ3v) is 8.68. The van der Waals surface area contributed by atoms with Gasteiger partial charge in [0.1, 0.15) is 5.82 Å². The molecule has 0 bridgehead atoms. The van der Waals surface area contributed by atoms with Gasteiger partial charge in [-0.25, -0.2) is 17.8 Å². The van der Waals surface area contributed by atoms with Crippen molar-refractivity contribution in [2.75, 3.05) is 18.1 Å². The van der Waals surface area contributed by atoms with Crippen LogP contribution in [-0.4, -0.2) is 42.9 Å². The molecule has 7 nitrogen and oxygen atoms in total. The molecule has 4 aromatic rings. The fourth-order valence-corrected chi connectivity index (χ4v) is 6.03. The number of halogens is 2. The summed E-state index contributed by atoms with van der Waals surface area (Å²) in [6.07, 6.45) is 4.49. The quantitative estimate of drug-likeness (QED) is 0.120. The Hall–Kier alpha value is -3.51. The number of sulfonamides is 1. The summed E-state index contributed by atoms with van der Waals surface area (Å²) in [5.74, 6) is -0.946. The first-order valence-electron chi connectivity index (χ1n) is 11.2. The molecule has 0 unspecified atom stereocenters. The maximum Gasteiger partial charge on any atom is 0.280 e. The largest absolute Gasteiger partial charge is 0.280 e. The second kappa shape index (κ2) is 11.9. The molecular formula is C27H22BrFN4O3S2. The molecule has 4 rings (SSSR count). The molecule has 0 N–H and O–H groups in total. The first-order chi connectivity index (χ1) is 18.2. The van der Waals surface area contributed by atoms with Crippen LogP contribution in [0.15, 0.2) is 107 Å². The molecule has 38 heavy (non-hydrogen) atoms. The number of hydrogen-bond acceptors (Lipinski definition) is 6. The average molecular weight is 614 g/mol. The van der Waals surface area contributed by atoms with E-state index in [-0.39, 0.29) is 28.7 Å². The standard InChI is InChI=1S/C27H22BrFN4O3S2/c1-3-15-32(16-4-2)38(35,36)23-12-7-20(8-13-23)26(34)33(30-18-19-5-9-21(28)10-6-19)27-31-24-14-11-22(29)17-25(24)37-27/h3-14,17-18H,1-2,15-16H2/b30-18+. The Bertz CT molecular complexity index is 1610. The molecular weight excluding hydrogens is 591 g/mol. The third-order valence-electron chi connectivity index (χ3n) is 5.31. The summed E-state index contributed by atoms with van der Waals surface area (Å²) in [6.45, 7) is 7.45. The Balaban J connectivity index is 1.70. The highest BCUT2D eigenvalue weighted by atomic mass is 79.9. The zero-order valence-electron chi connectivity index (χ0n) is 20.0. The first kappa shape index (κ1) is 27.5. The van der Waals surface area contributed by atoms with Gasteiger partial charge in [-0.3, -0.25) is 4.79 Å². The normalized spacial score (nSPS) is 11.8. The lowest BCUT2D eigenvalue weighted by atomic mass is 10.2. The summed E-state index contributed by atoms with van der Waals surface area (Å²) in [5.41, 5.74) is 1.46. The van der Waals surface area contributed by atoms with E-state index in [2.05, 4.69) is 39.2 Å². The molecule has 1 amide bonds. The highest BCUT2D eigenvalue weighted by Gasteiger charge is 2.25. The second-order valence-electron chi connectivity index (χ2n) is 7.95. The Kier molecular flexibility index (Phi) is 8.62. The van der Waals surface area contributed by atoms with Crippen LogP contribution in [0.2, 0.25) is 0 Å². The van der Waals surface area contributed by atoms with Crippen LogP contribution >= 0.6 is 27.3 Å². The van der Waals surface area contributed by atoms with Crippen LogP contribution in [0.25, 0.3) is 10.2 Å². The maximum atomic E-state index is 13.8. The predicted molar refractivity (Wildman–Crippen MR) is 154 cm³/mol. The second-order valence-corrected chi connectivity index (χ2v) is 11.8. The van der Waals surface area contributed by atoms with Gasteiger partial charge in [0.15, 0.2) is 0 Å². The molecule has 11 heteroatoms. The summed E-state index contributed by atoms with van der Waals surface area (Å²) in [5, 5.41) is 5.75. The van der Waals surface area contributed by atoms with Crippen molar-refractivity contribution in [2.24, 2.45) is 5.10 Å². The lowest BCUT2D eigenvalue weighted by Crippen LogP contribution is -2.31. The molecule has 0 aliphatic heterocycles. The minimum atomic E-state index is -3.82. The zero-order valence-corrected chi connectivity index (χ0v) is 23.2. The summed E-state index contributed by atoms with van der Waals surface area (Å²) in [4.78, 5) is 18.1. The molecule has 0 saturated heterocycles. The minimum absolute atomic E-state index is 0.0260. The first-order valence-corrected chi connectivity index (χ1v) is 14.3. The average Bonchev–Trinajstić information content (AvgIpc) is 3.32. The van der Waals surface area contributed by atoms with E-state index in [1.54, 1.807) is 0 Å². The van der Waals surface area contributed by atoms with Gasteiger partial charge in [0.25, 0.3) is 5.91 Å². The number of fused-ring (bicyclic) bond motifs is 1. The number of nitrogens with zero attached hydrogens (tertiary/aromatic N) is 4. The molecule has 0 fully saturated rings. The summed E-state index contributed by atoms with van der Waals surface area (Å²) in [6, 6.07) is 17.1. The Morgan fingerprint density at radius 1 is 1.03 bits per heavy atom. The predicted octanol–water partition coefficient (Wildman–Crippen LogP) is 6.24. The third kappa shape index (κ3) is 6.13. The van der Waals surface area contributed by atoms with Gasteiger partial charge in [-0.1, -0.05) is 51.6 Å². The lowest BCUT2D eigenvalue weighted by molar-refractivity contribution is 0.0987. The number of hydrogen-bond donors (Lipinski definition) is 0. The molecule has 0 aliphatic rings. The van der Waals surface area contributed by atoms with E-state index in [4.69, 9.17) is 0 Å². The van der Waals surface area contributed by atoms with E-state index in [1.807, 2.05) is 24.3 Å². The number of thiazole rings is 1. The number of amides is 1. The van der Waals surface area contributed by atoms with Crippen LogP contribution in [0.4, 0.5) is 9.52 Å². The van der Waals surface area contributed by atoms with Crippen LogP contribution in [0.5, 0.6) is 0 Å². The fraction of sp³-hybridized carbons (Fsp3) is 0.0741. The number of carbonyl (C=O) groups is 1. The number of anilines is 1. The van der Waals surface area contributed by atoms with Crippen LogP contribution in [-0.2, 0) is 10.0 Å². The molecule has 1 heterocycles. The smallest absolute Gasteiger partial charge is 0.267 e. The van der Waals surface area contributed by atoms with E-state index < -0.39 is 21.7 Å². The number of carbonyl (C=O) groups excluding carboxylic acids is 1. The number of benzene rings is 3. The van der Waals surface area contributed by atoms with Gasteiger partial charge < -0.3 is 0 Å². The zero-order chi connectivity index (χ0) is 27.3. The molecule has 0 spiro atoms. The highest BCUT2D eigenvalue weighted by Crippen LogP contribution is 2.31. The molecule has 3 aromatic carbocycles. The summed E-state index contributed by atoms with van der Waals surface area (Å²) >= 11 is 4.50. The molecule has 0 aliphatic carbocycles. The van der Waals surface area contributed by atoms with E-state index in [0.717, 1.165) is 26.4 Å². The van der Waals surface area contributed by atoms with Gasteiger partial charge in [0.2, 0.25) is 15.2 Å². The summed E-state index contributed by atoms with van der Waals surface area (Å²) in [7, 11) is -3.82. The summed E-state index contributed by atoms with van der Waals surface area (Å²) < 4.78 is 42.5. The number of hydrazone groups is 1. The van der Waals surface area contributed by atoms with Crippen LogP contribution in [0.3, 0.4) is 0 Å². The van der Waals surface area contributed by atoms with Gasteiger partial charge in [0.05, 0.1) is 21.3 Å². The van der Waals surface area contributed by atoms with Crippen molar-refractivity contribution >= 4 is 64.8 Å². The van der Waals surface area contributed by atoms with E-state index in [9.17, 15) is 17.6 Å². The van der Waals surface area contributed by atoms with Crippen molar-refractivity contribution in [3.8, 4) is 0 Å². The SMILES string of the molecule is C=CCN(CC=C)S(=O)(=O)c1ccc(C(=O)N(/N=C/c2ccc(Br)cc2)c2nc3ccc(F)cc3s2)cc1. The minimum Gasteiger partial charge on any atom is -0.267 e. The molecule has 0 saturated carbocycles. The Morgan fingerprint density at radius 3 is 2.32 bits per heavy atom. The monoisotopic (exact) mass is 612 g/mol. The van der Waals surface area contributed by atoms with Crippen molar-refractivity contribution in [1.82, 2.24) is 9.29 Å². The Morgan fingerprint density at radius 2 is 1.68 bits per heavy atom. The maximum absolute atomic E-state index is 13.8. The van der Waals surface area contributed by atoms with Gasteiger partial charge >= 0.3 is 0 Å². The van der Waals surface area contributed by atoms with Crippen molar-refractivity contribution in [2.45, 2.75) is 4.90 Å². The van der Waals surface area contributed by atoms with Crippen molar-refractivity contribution < 1.29 is 17.6 Å². The van der Waals surface area contributed by atoms with Crippen molar-refractivity contribution in [3.63, 3.8) is 0 Å². The fourth-order valence-electron chi connectivity index (χ4n) is 3.44. The molecule has 1 aromatic heterocycles. The van der Waals surface area contributed by atoms with Crippen molar-refractivity contribution in [1.29, 1.82) is 0 Å². The van der Waals surface area contributed by atoms with Crippen molar-refractivity contribution in [3.05, 3.63) is 113 Å². The molecule has 194 valence electrons. The Labute approximate surface area is 232 Å². The number of aromatic nitrogens is 1. The number of rotatable bonds is 10. The van der Waals surface area contributed by atoms with E-state index in [0.29, 0.717) is 10.2 Å². The molecule has 0 radical (unpaired) electrons. The van der Waals surface area contributed by atoms with Crippen LogP contribution < -0.4 is 5.01 Å². The van der Waals surface area contributed by atoms with E-state index in [1.165, 1.54) is 65.1 Å². The topological polar surface area (TPSA) is 82.9 Å². The highest BCUT2D eigenvalue weighted by molar-refractivity contribution is 9.10. The lowest BCUT2D eigenvalue weighted by Gasteiger charge is -2.19. The van der Waals surface area contributed by atoms with Gasteiger partial charge in [-0.05, 0) is 60.2 Å².